The number of carbonyl (C=O) groups is 2. The van der Waals surface area contributed by atoms with E-state index < -0.39 is 23.9 Å². The first-order valence-electron chi connectivity index (χ1n) is 6.10. The summed E-state index contributed by atoms with van der Waals surface area (Å²) in [5.74, 6) is -1.65. The predicted octanol–water partition coefficient (Wildman–Crippen LogP) is 3.20. The Hall–Kier alpha value is -1.82. The third kappa shape index (κ3) is 4.09. The zero-order valence-electron chi connectivity index (χ0n) is 11.2. The molecule has 0 saturated heterocycles. The highest BCUT2D eigenvalue weighted by atomic mass is 35.5. The first-order valence-corrected chi connectivity index (χ1v) is 6.48. The predicted molar refractivity (Wildman–Crippen MR) is 74.5 cm³/mol. The number of carboxylic acid groups (broad SMARTS) is 1. The van der Waals surface area contributed by atoms with Gasteiger partial charge in [-0.1, -0.05) is 17.7 Å². The Morgan fingerprint density at radius 2 is 2.15 bits per heavy atom. The molecule has 1 unspecified atom stereocenters. The maximum absolute atomic E-state index is 13.6. The van der Waals surface area contributed by atoms with E-state index in [1.165, 1.54) is 23.1 Å². The zero-order chi connectivity index (χ0) is 15.3. The molecule has 0 aliphatic carbocycles. The first kappa shape index (κ1) is 16.2. The maximum atomic E-state index is 13.6. The SMILES string of the molecule is CCN(C(=O)Nc1c(F)cccc1Cl)C(C)CC(=O)O. The second-order valence-corrected chi connectivity index (χ2v) is 4.67. The monoisotopic (exact) mass is 302 g/mol. The van der Waals surface area contributed by atoms with Crippen molar-refractivity contribution in [2.24, 2.45) is 0 Å². The summed E-state index contributed by atoms with van der Waals surface area (Å²) in [6, 6.07) is 2.96. The molecule has 2 N–H and O–H groups in total. The topological polar surface area (TPSA) is 69.6 Å². The minimum Gasteiger partial charge on any atom is -0.481 e. The number of carboxylic acids is 1. The summed E-state index contributed by atoms with van der Waals surface area (Å²) in [6.07, 6.45) is -0.188. The fraction of sp³-hybridized carbons (Fsp3) is 0.385. The highest BCUT2D eigenvalue weighted by molar-refractivity contribution is 6.33. The molecule has 1 aromatic rings. The Labute approximate surface area is 121 Å². The van der Waals surface area contributed by atoms with Crippen molar-refractivity contribution in [3.63, 3.8) is 0 Å². The van der Waals surface area contributed by atoms with Crippen LogP contribution in [0.4, 0.5) is 14.9 Å². The van der Waals surface area contributed by atoms with Gasteiger partial charge in [0, 0.05) is 12.6 Å². The molecule has 0 saturated carbocycles. The molecule has 7 heteroatoms. The number of rotatable bonds is 5. The lowest BCUT2D eigenvalue weighted by atomic mass is 10.2. The number of benzene rings is 1. The molecule has 5 nitrogen and oxygen atoms in total. The summed E-state index contributed by atoms with van der Waals surface area (Å²) in [5, 5.41) is 11.2. The Balaban J connectivity index is 2.85. The van der Waals surface area contributed by atoms with E-state index in [4.69, 9.17) is 16.7 Å². The lowest BCUT2D eigenvalue weighted by Crippen LogP contribution is -2.42. The first-order chi connectivity index (χ1) is 9.36. The summed E-state index contributed by atoms with van der Waals surface area (Å²) in [6.45, 7) is 3.62. The molecule has 110 valence electrons. The molecule has 2 amide bonds. The van der Waals surface area contributed by atoms with Crippen LogP contribution in [0, 0.1) is 5.82 Å². The average molecular weight is 303 g/mol. The van der Waals surface area contributed by atoms with Gasteiger partial charge in [-0.05, 0) is 26.0 Å². The third-order valence-corrected chi connectivity index (χ3v) is 3.11. The number of hydrogen-bond acceptors (Lipinski definition) is 2. The summed E-state index contributed by atoms with van der Waals surface area (Å²) >= 11 is 5.82. The molecule has 0 aliphatic heterocycles. The van der Waals surface area contributed by atoms with Crippen LogP contribution in [0.3, 0.4) is 0 Å². The van der Waals surface area contributed by atoms with E-state index in [9.17, 15) is 14.0 Å². The van der Waals surface area contributed by atoms with Crippen LogP contribution >= 0.6 is 11.6 Å². The zero-order valence-corrected chi connectivity index (χ0v) is 11.9. The largest absolute Gasteiger partial charge is 0.481 e. The van der Waals surface area contributed by atoms with Crippen molar-refractivity contribution in [2.75, 3.05) is 11.9 Å². The molecule has 0 heterocycles. The number of nitrogens with one attached hydrogen (secondary N) is 1. The van der Waals surface area contributed by atoms with Crippen molar-refractivity contribution in [3.8, 4) is 0 Å². The molecule has 0 bridgehead atoms. The molecular weight excluding hydrogens is 287 g/mol. The maximum Gasteiger partial charge on any atom is 0.322 e. The van der Waals surface area contributed by atoms with E-state index in [1.807, 2.05) is 0 Å². The number of para-hydroxylation sites is 1. The van der Waals surface area contributed by atoms with Gasteiger partial charge in [-0.15, -0.1) is 0 Å². The van der Waals surface area contributed by atoms with Crippen molar-refractivity contribution in [1.29, 1.82) is 0 Å². The molecule has 1 aromatic carbocycles. The van der Waals surface area contributed by atoms with Crippen LogP contribution < -0.4 is 5.32 Å². The van der Waals surface area contributed by atoms with Crippen LogP contribution in [0.5, 0.6) is 0 Å². The van der Waals surface area contributed by atoms with Crippen molar-refractivity contribution >= 4 is 29.3 Å². The molecule has 0 aliphatic rings. The van der Waals surface area contributed by atoms with E-state index >= 15 is 0 Å². The van der Waals surface area contributed by atoms with E-state index in [1.54, 1.807) is 13.8 Å². The molecule has 0 aromatic heterocycles. The second kappa shape index (κ2) is 7.09. The van der Waals surface area contributed by atoms with Crippen molar-refractivity contribution in [3.05, 3.63) is 29.0 Å². The second-order valence-electron chi connectivity index (χ2n) is 4.26. The standard InChI is InChI=1S/C13H16ClFN2O3/c1-3-17(8(2)7-11(18)19)13(20)16-12-9(14)5-4-6-10(12)15/h4-6,8H,3,7H2,1-2H3,(H,16,20)(H,18,19). The third-order valence-electron chi connectivity index (χ3n) is 2.80. The lowest BCUT2D eigenvalue weighted by Gasteiger charge is -2.27. The van der Waals surface area contributed by atoms with E-state index in [0.717, 1.165) is 0 Å². The highest BCUT2D eigenvalue weighted by Gasteiger charge is 2.22. The lowest BCUT2D eigenvalue weighted by molar-refractivity contribution is -0.137. The van der Waals surface area contributed by atoms with Crippen LogP contribution in [-0.2, 0) is 4.79 Å². The van der Waals surface area contributed by atoms with Gasteiger partial charge in [-0.25, -0.2) is 9.18 Å². The van der Waals surface area contributed by atoms with Gasteiger partial charge >= 0.3 is 12.0 Å². The minimum atomic E-state index is -1.01. The number of anilines is 1. The Kier molecular flexibility index (Phi) is 5.76. The molecule has 0 spiro atoms. The van der Waals surface area contributed by atoms with Gasteiger partial charge in [0.1, 0.15) is 5.82 Å². The minimum absolute atomic E-state index is 0.0836. The van der Waals surface area contributed by atoms with Gasteiger partial charge in [-0.3, -0.25) is 4.79 Å². The molecule has 1 rings (SSSR count). The summed E-state index contributed by atoms with van der Waals surface area (Å²) in [4.78, 5) is 24.0. The Morgan fingerprint density at radius 3 is 2.65 bits per heavy atom. The van der Waals surface area contributed by atoms with Crippen molar-refractivity contribution in [2.45, 2.75) is 26.3 Å². The molecule has 20 heavy (non-hydrogen) atoms. The summed E-state index contributed by atoms with van der Waals surface area (Å²) in [5.41, 5.74) is -0.111. The Morgan fingerprint density at radius 1 is 1.50 bits per heavy atom. The fourth-order valence-corrected chi connectivity index (χ4v) is 2.02. The molecular formula is C13H16ClFN2O3. The van der Waals surface area contributed by atoms with Crippen LogP contribution in [0.25, 0.3) is 0 Å². The Bertz CT molecular complexity index is 490. The molecule has 1 atom stereocenters. The molecule has 0 fully saturated rings. The van der Waals surface area contributed by atoms with E-state index in [2.05, 4.69) is 5.32 Å². The number of aliphatic carboxylic acids is 1. The van der Waals surface area contributed by atoms with Gasteiger partial charge < -0.3 is 15.3 Å². The van der Waals surface area contributed by atoms with Crippen LogP contribution in [0.1, 0.15) is 20.3 Å². The van der Waals surface area contributed by atoms with Gasteiger partial charge in [-0.2, -0.15) is 0 Å². The highest BCUT2D eigenvalue weighted by Crippen LogP contribution is 2.25. The number of halogens is 2. The number of nitrogens with zero attached hydrogens (tertiary/aromatic N) is 1. The van der Waals surface area contributed by atoms with Gasteiger partial charge in [0.25, 0.3) is 0 Å². The van der Waals surface area contributed by atoms with Crippen LogP contribution in [-0.4, -0.2) is 34.6 Å². The van der Waals surface area contributed by atoms with Gasteiger partial charge in [0.2, 0.25) is 0 Å². The average Bonchev–Trinajstić information content (AvgIpc) is 2.34. The van der Waals surface area contributed by atoms with Gasteiger partial charge in [0.15, 0.2) is 0 Å². The van der Waals surface area contributed by atoms with E-state index in [0.29, 0.717) is 6.54 Å². The summed E-state index contributed by atoms with van der Waals surface area (Å²) < 4.78 is 13.6. The van der Waals surface area contributed by atoms with Crippen LogP contribution in [0.15, 0.2) is 18.2 Å². The van der Waals surface area contributed by atoms with Crippen LogP contribution in [0.2, 0.25) is 5.02 Å². The smallest absolute Gasteiger partial charge is 0.322 e. The van der Waals surface area contributed by atoms with Gasteiger partial charge in [0.05, 0.1) is 17.1 Å². The summed E-state index contributed by atoms with van der Waals surface area (Å²) in [7, 11) is 0. The molecule has 0 radical (unpaired) electrons. The normalized spacial score (nSPS) is 11.8. The van der Waals surface area contributed by atoms with E-state index in [-0.39, 0.29) is 17.1 Å². The van der Waals surface area contributed by atoms with Crippen molar-refractivity contribution in [1.82, 2.24) is 4.90 Å². The quantitative estimate of drug-likeness (QED) is 0.877. The number of hydrogen-bond donors (Lipinski definition) is 2. The number of amides is 2. The number of carbonyl (C=O) groups excluding carboxylic acids is 1. The number of urea groups is 1. The fourth-order valence-electron chi connectivity index (χ4n) is 1.81. The van der Waals surface area contributed by atoms with Crippen molar-refractivity contribution < 1.29 is 19.1 Å².